The van der Waals surface area contributed by atoms with Crippen molar-refractivity contribution in [2.24, 2.45) is 5.92 Å². The lowest BCUT2D eigenvalue weighted by molar-refractivity contribution is -0.126. The Labute approximate surface area is 175 Å². The van der Waals surface area contributed by atoms with E-state index in [1.54, 1.807) is 7.05 Å². The average Bonchev–Trinajstić information content (AvgIpc) is 3.32. The molecule has 1 fully saturated rings. The number of carbonyl (C=O) groups excluding carboxylic acids is 2. The molecule has 0 saturated carbocycles. The van der Waals surface area contributed by atoms with E-state index in [2.05, 4.69) is 33.7 Å². The second-order valence-corrected chi connectivity index (χ2v) is 8.15. The zero-order chi connectivity index (χ0) is 20.7. The van der Waals surface area contributed by atoms with Gasteiger partial charge in [-0.25, -0.2) is 0 Å². The van der Waals surface area contributed by atoms with Crippen molar-refractivity contribution < 1.29 is 14.3 Å². The van der Waals surface area contributed by atoms with Crippen LogP contribution in [0.3, 0.4) is 0 Å². The van der Waals surface area contributed by atoms with Gasteiger partial charge in [0.25, 0.3) is 5.91 Å². The molecule has 1 saturated heterocycles. The van der Waals surface area contributed by atoms with E-state index in [1.807, 2.05) is 24.3 Å². The Hall–Kier alpha value is -3.12. The van der Waals surface area contributed by atoms with Crippen LogP contribution in [0.2, 0.25) is 0 Å². The molecule has 6 heteroatoms. The minimum Gasteiger partial charge on any atom is -0.487 e. The number of carbonyl (C=O) groups is 2. The second kappa shape index (κ2) is 7.61. The number of ether oxygens (including phenoxy) is 1. The third kappa shape index (κ3) is 3.27. The first kappa shape index (κ1) is 18.9. The Morgan fingerprint density at radius 2 is 1.97 bits per heavy atom. The molecular formula is C24H25N3O3. The predicted octanol–water partition coefficient (Wildman–Crippen LogP) is 3.00. The monoisotopic (exact) mass is 403 g/mol. The number of fused-ring (bicyclic) bond motifs is 2. The molecular weight excluding hydrogens is 378 g/mol. The van der Waals surface area contributed by atoms with Crippen molar-refractivity contribution in [2.45, 2.75) is 26.0 Å². The van der Waals surface area contributed by atoms with Crippen LogP contribution in [0.25, 0.3) is 11.3 Å². The highest BCUT2D eigenvalue weighted by Crippen LogP contribution is 2.41. The zero-order valence-electron chi connectivity index (χ0n) is 17.0. The average molecular weight is 403 g/mol. The highest BCUT2D eigenvalue weighted by atomic mass is 16.5. The van der Waals surface area contributed by atoms with Gasteiger partial charge in [0.2, 0.25) is 5.91 Å². The van der Waals surface area contributed by atoms with E-state index in [0.29, 0.717) is 17.9 Å². The zero-order valence-corrected chi connectivity index (χ0v) is 17.0. The van der Waals surface area contributed by atoms with Crippen LogP contribution in [0.4, 0.5) is 5.69 Å². The van der Waals surface area contributed by atoms with E-state index in [4.69, 9.17) is 4.74 Å². The third-order valence-corrected chi connectivity index (χ3v) is 6.30. The SMILES string of the molecule is CNC(=O)C1CCN(Cc2ccc3c(c2)CO/C3=C2/C(=O)Nc3ccccc32)CC1. The largest absolute Gasteiger partial charge is 0.487 e. The van der Waals surface area contributed by atoms with Crippen molar-refractivity contribution in [2.75, 3.05) is 25.5 Å². The Bertz CT molecular complexity index is 1050. The van der Waals surface area contributed by atoms with Crippen molar-refractivity contribution in [3.8, 4) is 0 Å². The van der Waals surface area contributed by atoms with E-state index >= 15 is 0 Å². The molecule has 154 valence electrons. The molecule has 3 aliphatic heterocycles. The number of piperidine rings is 1. The second-order valence-electron chi connectivity index (χ2n) is 8.15. The molecule has 0 unspecified atom stereocenters. The number of hydrogen-bond acceptors (Lipinski definition) is 4. The van der Waals surface area contributed by atoms with Gasteiger partial charge in [-0.05, 0) is 37.6 Å². The molecule has 30 heavy (non-hydrogen) atoms. The number of amides is 2. The van der Waals surface area contributed by atoms with Crippen LogP contribution in [0.1, 0.15) is 35.1 Å². The van der Waals surface area contributed by atoms with Gasteiger partial charge < -0.3 is 15.4 Å². The number of nitrogens with one attached hydrogen (secondary N) is 2. The first-order valence-electron chi connectivity index (χ1n) is 10.5. The highest BCUT2D eigenvalue weighted by Gasteiger charge is 2.32. The van der Waals surface area contributed by atoms with Crippen LogP contribution in [0, 0.1) is 5.92 Å². The number of nitrogens with zero attached hydrogens (tertiary/aromatic N) is 1. The quantitative estimate of drug-likeness (QED) is 0.773. The fourth-order valence-electron chi connectivity index (χ4n) is 4.68. The summed E-state index contributed by atoms with van der Waals surface area (Å²) in [5.74, 6) is 0.851. The van der Waals surface area contributed by atoms with E-state index < -0.39 is 0 Å². The van der Waals surface area contributed by atoms with Crippen LogP contribution < -0.4 is 10.6 Å². The molecule has 0 spiro atoms. The Balaban J connectivity index is 1.34. The smallest absolute Gasteiger partial charge is 0.260 e. The van der Waals surface area contributed by atoms with Crippen LogP contribution in [0.15, 0.2) is 42.5 Å². The van der Waals surface area contributed by atoms with Crippen LogP contribution in [-0.4, -0.2) is 36.9 Å². The molecule has 0 radical (unpaired) electrons. The van der Waals surface area contributed by atoms with Gasteiger partial charge in [-0.1, -0.05) is 36.4 Å². The summed E-state index contributed by atoms with van der Waals surface area (Å²) in [6.45, 7) is 3.20. The van der Waals surface area contributed by atoms with Gasteiger partial charge >= 0.3 is 0 Å². The Kier molecular flexibility index (Phi) is 4.79. The van der Waals surface area contributed by atoms with E-state index in [-0.39, 0.29) is 17.7 Å². The van der Waals surface area contributed by atoms with Crippen molar-refractivity contribution in [3.05, 3.63) is 64.7 Å². The molecule has 2 amide bonds. The molecule has 2 aromatic rings. The third-order valence-electron chi connectivity index (χ3n) is 6.30. The minimum atomic E-state index is -0.109. The summed E-state index contributed by atoms with van der Waals surface area (Å²) in [4.78, 5) is 26.8. The summed E-state index contributed by atoms with van der Waals surface area (Å²) in [5, 5.41) is 5.68. The highest BCUT2D eigenvalue weighted by molar-refractivity contribution is 6.36. The number of anilines is 1. The van der Waals surface area contributed by atoms with Crippen LogP contribution in [0.5, 0.6) is 0 Å². The number of benzene rings is 2. The maximum atomic E-state index is 12.6. The number of para-hydroxylation sites is 1. The molecule has 3 heterocycles. The summed E-state index contributed by atoms with van der Waals surface area (Å²) in [7, 11) is 1.71. The molecule has 0 bridgehead atoms. The molecule has 0 aliphatic carbocycles. The number of likely N-dealkylation sites (tertiary alicyclic amines) is 1. The Morgan fingerprint density at radius 1 is 1.17 bits per heavy atom. The van der Waals surface area contributed by atoms with E-state index in [9.17, 15) is 9.59 Å². The fraction of sp³-hybridized carbons (Fsp3) is 0.333. The summed E-state index contributed by atoms with van der Waals surface area (Å²) in [5.41, 5.74) is 5.70. The summed E-state index contributed by atoms with van der Waals surface area (Å²) in [6, 6.07) is 14.1. The lowest BCUT2D eigenvalue weighted by Gasteiger charge is -2.31. The number of rotatable bonds is 3. The fourth-order valence-corrected chi connectivity index (χ4v) is 4.68. The van der Waals surface area contributed by atoms with Gasteiger partial charge in [0.15, 0.2) is 0 Å². The van der Waals surface area contributed by atoms with Gasteiger partial charge in [-0.15, -0.1) is 0 Å². The molecule has 0 atom stereocenters. The van der Waals surface area contributed by atoms with Crippen LogP contribution >= 0.6 is 0 Å². The van der Waals surface area contributed by atoms with E-state index in [0.717, 1.165) is 54.9 Å². The standard InChI is InChI=1S/C24H25N3O3/c1-25-23(28)16-8-10-27(11-9-16)13-15-6-7-18-17(12-15)14-30-22(18)21-19-4-2-3-5-20(19)26-24(21)29/h2-7,12,16H,8-11,13-14H2,1H3,(H,25,28)(H,26,29)/b22-21+. The summed E-state index contributed by atoms with van der Waals surface area (Å²) >= 11 is 0. The van der Waals surface area contributed by atoms with Gasteiger partial charge in [-0.2, -0.15) is 0 Å². The van der Waals surface area contributed by atoms with Gasteiger partial charge in [0, 0.05) is 41.9 Å². The van der Waals surface area contributed by atoms with Gasteiger partial charge in [0.05, 0.1) is 5.57 Å². The summed E-state index contributed by atoms with van der Waals surface area (Å²) < 4.78 is 5.99. The van der Waals surface area contributed by atoms with E-state index in [1.165, 1.54) is 5.56 Å². The lowest BCUT2D eigenvalue weighted by Crippen LogP contribution is -2.39. The van der Waals surface area contributed by atoms with Crippen LogP contribution in [-0.2, 0) is 27.5 Å². The topological polar surface area (TPSA) is 70.7 Å². The lowest BCUT2D eigenvalue weighted by atomic mass is 9.95. The molecule has 0 aromatic heterocycles. The molecule has 6 nitrogen and oxygen atoms in total. The van der Waals surface area contributed by atoms with Crippen molar-refractivity contribution in [1.29, 1.82) is 0 Å². The first-order valence-corrected chi connectivity index (χ1v) is 10.5. The predicted molar refractivity (Wildman–Crippen MR) is 115 cm³/mol. The molecule has 2 N–H and O–H groups in total. The maximum Gasteiger partial charge on any atom is 0.260 e. The van der Waals surface area contributed by atoms with Gasteiger partial charge in [-0.3, -0.25) is 14.5 Å². The van der Waals surface area contributed by atoms with Crippen molar-refractivity contribution >= 4 is 28.8 Å². The normalized spacial score (nSPS) is 21.0. The van der Waals surface area contributed by atoms with Gasteiger partial charge in [0.1, 0.15) is 12.4 Å². The maximum absolute atomic E-state index is 12.6. The van der Waals surface area contributed by atoms with Crippen molar-refractivity contribution in [1.82, 2.24) is 10.2 Å². The Morgan fingerprint density at radius 3 is 2.77 bits per heavy atom. The summed E-state index contributed by atoms with van der Waals surface area (Å²) in [6.07, 6.45) is 1.80. The molecule has 5 rings (SSSR count). The molecule has 3 aliphatic rings. The molecule has 2 aromatic carbocycles. The first-order chi connectivity index (χ1) is 14.6. The minimum absolute atomic E-state index is 0.109. The number of hydrogen-bond donors (Lipinski definition) is 2. The van der Waals surface area contributed by atoms with Crippen molar-refractivity contribution in [3.63, 3.8) is 0 Å².